The molecular formula is C52H86O6. The number of ether oxygens (including phenoxy) is 3. The molecule has 6 heteroatoms. The van der Waals surface area contributed by atoms with Crippen LogP contribution in [0.5, 0.6) is 0 Å². The summed E-state index contributed by atoms with van der Waals surface area (Å²) in [5, 5.41) is 0. The quantitative estimate of drug-likeness (QED) is 0.0201. The van der Waals surface area contributed by atoms with Gasteiger partial charge >= 0.3 is 17.9 Å². The van der Waals surface area contributed by atoms with Gasteiger partial charge in [0.05, 0.1) is 0 Å². The number of carbonyl (C=O) groups excluding carboxylic acids is 3. The molecule has 0 rings (SSSR count). The van der Waals surface area contributed by atoms with E-state index in [1.165, 1.54) is 57.8 Å². The Kier molecular flexibility index (Phi) is 43.6. The lowest BCUT2D eigenvalue weighted by atomic mass is 10.1. The molecule has 0 aliphatic heterocycles. The zero-order valence-electron chi connectivity index (χ0n) is 37.5. The van der Waals surface area contributed by atoms with Crippen molar-refractivity contribution in [2.75, 3.05) is 13.2 Å². The van der Waals surface area contributed by atoms with Crippen LogP contribution in [0.15, 0.2) is 85.1 Å². The van der Waals surface area contributed by atoms with Crippen molar-refractivity contribution in [3.8, 4) is 0 Å². The molecule has 0 N–H and O–H groups in total. The monoisotopic (exact) mass is 807 g/mol. The summed E-state index contributed by atoms with van der Waals surface area (Å²) in [6.07, 6.45) is 58.5. The molecular weight excluding hydrogens is 721 g/mol. The maximum atomic E-state index is 12.7. The van der Waals surface area contributed by atoms with Crippen molar-refractivity contribution < 1.29 is 28.6 Å². The third kappa shape index (κ3) is 43.7. The first-order chi connectivity index (χ1) is 28.5. The van der Waals surface area contributed by atoms with E-state index in [-0.39, 0.29) is 31.1 Å². The highest BCUT2D eigenvalue weighted by Crippen LogP contribution is 2.12. The zero-order chi connectivity index (χ0) is 42.3. The molecule has 0 heterocycles. The third-order valence-electron chi connectivity index (χ3n) is 9.66. The first-order valence-electron chi connectivity index (χ1n) is 23.6. The molecule has 0 bridgehead atoms. The van der Waals surface area contributed by atoms with Crippen LogP contribution in [0, 0.1) is 0 Å². The van der Waals surface area contributed by atoms with E-state index < -0.39 is 6.10 Å². The molecule has 1 unspecified atom stereocenters. The van der Waals surface area contributed by atoms with Gasteiger partial charge in [-0.1, -0.05) is 176 Å². The van der Waals surface area contributed by atoms with Gasteiger partial charge in [0, 0.05) is 19.3 Å². The van der Waals surface area contributed by atoms with E-state index in [1.807, 2.05) is 0 Å². The van der Waals surface area contributed by atoms with E-state index in [0.717, 1.165) is 109 Å². The van der Waals surface area contributed by atoms with Gasteiger partial charge in [0.15, 0.2) is 6.10 Å². The number of hydrogen-bond donors (Lipinski definition) is 0. The Hall–Kier alpha value is -3.41. The second-order valence-electron chi connectivity index (χ2n) is 15.3. The summed E-state index contributed by atoms with van der Waals surface area (Å²) in [4.78, 5) is 37.8. The van der Waals surface area contributed by atoms with Gasteiger partial charge in [-0.25, -0.2) is 0 Å². The van der Waals surface area contributed by atoms with Crippen molar-refractivity contribution in [2.45, 2.75) is 213 Å². The molecule has 0 spiro atoms. The molecule has 0 fully saturated rings. The summed E-state index contributed by atoms with van der Waals surface area (Å²) in [6.45, 7) is 6.37. The van der Waals surface area contributed by atoms with E-state index in [9.17, 15) is 14.4 Å². The van der Waals surface area contributed by atoms with Crippen molar-refractivity contribution in [3.63, 3.8) is 0 Å². The standard InChI is InChI=1S/C52H86O6/c1-4-7-10-13-16-19-22-24-26-28-30-33-36-39-42-45-51(54)57-48-49(47-56-50(53)44-41-38-35-32-29-21-18-15-12-9-6-3)58-52(55)46-43-40-37-34-31-27-25-23-20-17-14-11-8-5-2/h8,11,15-22,24-25,27,29,49H,4-7,9-10,12-14,23,26,28,30-48H2,1-3H3/b11-8-,18-15-,19-16-,20-17-,24-22-,27-25-,29-21-. The average Bonchev–Trinajstić information content (AvgIpc) is 3.22. The highest BCUT2D eigenvalue weighted by Gasteiger charge is 2.19. The molecule has 0 aromatic carbocycles. The Bertz CT molecular complexity index is 1160. The van der Waals surface area contributed by atoms with E-state index >= 15 is 0 Å². The van der Waals surface area contributed by atoms with Crippen molar-refractivity contribution >= 4 is 17.9 Å². The number of esters is 3. The molecule has 58 heavy (non-hydrogen) atoms. The van der Waals surface area contributed by atoms with Gasteiger partial charge in [-0.2, -0.15) is 0 Å². The van der Waals surface area contributed by atoms with Crippen molar-refractivity contribution in [3.05, 3.63) is 85.1 Å². The van der Waals surface area contributed by atoms with Crippen LogP contribution in [-0.2, 0) is 28.6 Å². The lowest BCUT2D eigenvalue weighted by Gasteiger charge is -2.18. The minimum absolute atomic E-state index is 0.102. The predicted molar refractivity (Wildman–Crippen MR) is 247 cm³/mol. The van der Waals surface area contributed by atoms with Gasteiger partial charge in [0.25, 0.3) is 0 Å². The van der Waals surface area contributed by atoms with Crippen molar-refractivity contribution in [1.29, 1.82) is 0 Å². The molecule has 0 saturated carbocycles. The summed E-state index contributed by atoms with van der Waals surface area (Å²) >= 11 is 0. The van der Waals surface area contributed by atoms with Gasteiger partial charge in [0.1, 0.15) is 13.2 Å². The van der Waals surface area contributed by atoms with Gasteiger partial charge in [-0.3, -0.25) is 14.4 Å². The van der Waals surface area contributed by atoms with Crippen LogP contribution in [0.1, 0.15) is 207 Å². The molecule has 0 aromatic rings. The first kappa shape index (κ1) is 54.6. The largest absolute Gasteiger partial charge is 0.462 e. The van der Waals surface area contributed by atoms with Crippen LogP contribution in [0.4, 0.5) is 0 Å². The lowest BCUT2D eigenvalue weighted by molar-refractivity contribution is -0.167. The summed E-state index contributed by atoms with van der Waals surface area (Å²) in [7, 11) is 0. The number of hydrogen-bond acceptors (Lipinski definition) is 6. The maximum absolute atomic E-state index is 12.7. The van der Waals surface area contributed by atoms with E-state index in [4.69, 9.17) is 14.2 Å². The Balaban J connectivity index is 4.48. The van der Waals surface area contributed by atoms with Crippen LogP contribution in [0.25, 0.3) is 0 Å². The molecule has 0 amide bonds. The SMILES string of the molecule is CC/C=C\C/C=C\C/C=C\CCCCCCC(=O)OC(COC(=O)CCCCC/C=C\C=C/CCCC)COC(=O)CCCCCCCC/C=C\C=C/CCCCC. The normalized spacial score (nSPS) is 12.8. The van der Waals surface area contributed by atoms with Gasteiger partial charge in [-0.15, -0.1) is 0 Å². The fraction of sp³-hybridized carbons (Fsp3) is 0.673. The van der Waals surface area contributed by atoms with Crippen LogP contribution in [0.2, 0.25) is 0 Å². The highest BCUT2D eigenvalue weighted by atomic mass is 16.6. The Labute approximate surface area is 356 Å². The summed E-state index contributed by atoms with van der Waals surface area (Å²) in [5.41, 5.74) is 0. The van der Waals surface area contributed by atoms with E-state index in [1.54, 1.807) is 0 Å². The number of unbranched alkanes of at least 4 members (excludes halogenated alkanes) is 18. The summed E-state index contributed by atoms with van der Waals surface area (Å²) < 4.78 is 16.7. The van der Waals surface area contributed by atoms with Crippen molar-refractivity contribution in [1.82, 2.24) is 0 Å². The lowest BCUT2D eigenvalue weighted by Crippen LogP contribution is -2.30. The molecule has 0 aliphatic carbocycles. The van der Waals surface area contributed by atoms with Crippen LogP contribution >= 0.6 is 0 Å². The smallest absolute Gasteiger partial charge is 0.306 e. The van der Waals surface area contributed by atoms with Gasteiger partial charge in [0.2, 0.25) is 0 Å². The van der Waals surface area contributed by atoms with Crippen LogP contribution in [-0.4, -0.2) is 37.2 Å². The zero-order valence-corrected chi connectivity index (χ0v) is 37.5. The molecule has 330 valence electrons. The van der Waals surface area contributed by atoms with Crippen molar-refractivity contribution in [2.24, 2.45) is 0 Å². The van der Waals surface area contributed by atoms with E-state index in [2.05, 4.69) is 106 Å². The average molecular weight is 807 g/mol. The Morgan fingerprint density at radius 2 is 0.741 bits per heavy atom. The van der Waals surface area contributed by atoms with Gasteiger partial charge < -0.3 is 14.2 Å². The Morgan fingerprint density at radius 1 is 0.379 bits per heavy atom. The third-order valence-corrected chi connectivity index (χ3v) is 9.66. The molecule has 1 atom stereocenters. The molecule has 6 nitrogen and oxygen atoms in total. The van der Waals surface area contributed by atoms with Gasteiger partial charge in [-0.05, 0) is 96.3 Å². The maximum Gasteiger partial charge on any atom is 0.306 e. The first-order valence-corrected chi connectivity index (χ1v) is 23.6. The summed E-state index contributed by atoms with van der Waals surface area (Å²) in [5.74, 6) is -0.971. The molecule has 0 radical (unpaired) electrons. The number of rotatable bonds is 41. The molecule has 0 aromatic heterocycles. The highest BCUT2D eigenvalue weighted by molar-refractivity contribution is 5.71. The van der Waals surface area contributed by atoms with Crippen LogP contribution in [0.3, 0.4) is 0 Å². The Morgan fingerprint density at radius 3 is 1.22 bits per heavy atom. The minimum Gasteiger partial charge on any atom is -0.462 e. The fourth-order valence-electron chi connectivity index (χ4n) is 6.07. The van der Waals surface area contributed by atoms with Crippen LogP contribution < -0.4 is 0 Å². The minimum atomic E-state index is -0.802. The topological polar surface area (TPSA) is 78.9 Å². The fourth-order valence-corrected chi connectivity index (χ4v) is 6.07. The van der Waals surface area contributed by atoms with E-state index in [0.29, 0.717) is 19.3 Å². The molecule has 0 aliphatic rings. The second kappa shape index (κ2) is 46.3. The second-order valence-corrected chi connectivity index (χ2v) is 15.3. The predicted octanol–water partition coefficient (Wildman–Crippen LogP) is 15.3. The summed E-state index contributed by atoms with van der Waals surface area (Å²) in [6, 6.07) is 0. The molecule has 0 saturated heterocycles. The number of carbonyl (C=O) groups is 3. The number of allylic oxidation sites excluding steroid dienone is 14.